The van der Waals surface area contributed by atoms with Gasteiger partial charge in [-0.2, -0.15) is 11.8 Å². The molecule has 4 heteroatoms. The van der Waals surface area contributed by atoms with Crippen molar-refractivity contribution < 1.29 is 9.90 Å². The molecule has 0 aliphatic carbocycles. The maximum Gasteiger partial charge on any atom is 0.244 e. The second kappa shape index (κ2) is 7.07. The average Bonchev–Trinajstić information content (AvgIpc) is 2.17. The number of hydrogen-bond donors (Lipinski definition) is 2. The smallest absolute Gasteiger partial charge is 0.244 e. The Labute approximate surface area is 109 Å². The number of thioether (sulfide) groups is 1. The Balaban J connectivity index is 4.46. The van der Waals surface area contributed by atoms with E-state index in [1.807, 2.05) is 20.1 Å². The highest BCUT2D eigenvalue weighted by atomic mass is 32.2. The minimum atomic E-state index is -0.0857. The lowest BCUT2D eigenvalue weighted by molar-refractivity contribution is -0.117. The van der Waals surface area contributed by atoms with E-state index in [0.717, 1.165) is 5.57 Å². The van der Waals surface area contributed by atoms with Crippen LogP contribution in [0.4, 0.5) is 0 Å². The van der Waals surface area contributed by atoms with Gasteiger partial charge in [-0.1, -0.05) is 26.3 Å². The molecule has 0 bridgehead atoms. The monoisotopic (exact) mass is 259 g/mol. The van der Waals surface area contributed by atoms with Crippen molar-refractivity contribution in [1.29, 1.82) is 0 Å². The van der Waals surface area contributed by atoms with Crippen LogP contribution in [0.5, 0.6) is 0 Å². The fourth-order valence-electron chi connectivity index (χ4n) is 1.21. The molecule has 0 aromatic heterocycles. The number of amides is 1. The summed E-state index contributed by atoms with van der Waals surface area (Å²) in [7, 11) is 0. The number of nitrogens with one attached hydrogen (secondary N) is 1. The Morgan fingerprint density at radius 3 is 2.35 bits per heavy atom. The maximum atomic E-state index is 11.8. The number of carbonyl (C=O) groups is 1. The van der Waals surface area contributed by atoms with Crippen LogP contribution in [-0.4, -0.2) is 35.2 Å². The molecule has 0 aliphatic heterocycles. The summed E-state index contributed by atoms with van der Waals surface area (Å²) >= 11 is 1.56. The van der Waals surface area contributed by atoms with E-state index in [1.165, 1.54) is 0 Å². The molecule has 2 atom stereocenters. The molecule has 0 saturated carbocycles. The summed E-state index contributed by atoms with van der Waals surface area (Å²) < 4.78 is 0. The number of rotatable bonds is 5. The van der Waals surface area contributed by atoms with Gasteiger partial charge in [-0.05, 0) is 25.5 Å². The highest BCUT2D eigenvalue weighted by Crippen LogP contribution is 2.23. The minimum absolute atomic E-state index is 0.0104. The van der Waals surface area contributed by atoms with E-state index in [4.69, 9.17) is 5.11 Å². The SMILES string of the molecule is CSC(CO)C(C)NC(=O)/C=C(/C)C(C)(C)C. The first-order chi connectivity index (χ1) is 7.72. The standard InChI is InChI=1S/C13H25NO2S/c1-9(13(3,4)5)7-12(16)14-10(2)11(8-15)17-6/h7,10-11,15H,8H2,1-6H3,(H,14,16)/b9-7-. The zero-order valence-corrected chi connectivity index (χ0v) is 12.5. The lowest BCUT2D eigenvalue weighted by atomic mass is 9.87. The Morgan fingerprint density at radius 1 is 1.47 bits per heavy atom. The lowest BCUT2D eigenvalue weighted by Crippen LogP contribution is -2.40. The molecule has 0 heterocycles. The first kappa shape index (κ1) is 16.5. The van der Waals surface area contributed by atoms with E-state index in [-0.39, 0.29) is 29.2 Å². The van der Waals surface area contributed by atoms with Crippen LogP contribution in [-0.2, 0) is 4.79 Å². The molecule has 0 aromatic rings. The van der Waals surface area contributed by atoms with Crippen LogP contribution in [0, 0.1) is 5.41 Å². The van der Waals surface area contributed by atoms with E-state index in [2.05, 4.69) is 26.1 Å². The molecule has 0 fully saturated rings. The van der Waals surface area contributed by atoms with E-state index in [0.29, 0.717) is 0 Å². The third kappa shape index (κ3) is 6.13. The van der Waals surface area contributed by atoms with Crippen LogP contribution in [0.2, 0.25) is 0 Å². The van der Waals surface area contributed by atoms with Gasteiger partial charge in [0.1, 0.15) is 0 Å². The number of carbonyl (C=O) groups excluding carboxylic acids is 1. The van der Waals surface area contributed by atoms with Gasteiger partial charge < -0.3 is 10.4 Å². The summed E-state index contributed by atoms with van der Waals surface area (Å²) in [6, 6.07) is -0.0356. The Kier molecular flexibility index (Phi) is 6.87. The molecule has 0 spiro atoms. The van der Waals surface area contributed by atoms with Crippen molar-refractivity contribution >= 4 is 17.7 Å². The number of hydrogen-bond acceptors (Lipinski definition) is 3. The van der Waals surface area contributed by atoms with Crippen molar-refractivity contribution in [2.45, 2.75) is 45.9 Å². The molecule has 0 saturated heterocycles. The predicted molar refractivity (Wildman–Crippen MR) is 75.2 cm³/mol. The Bertz CT molecular complexity index is 278. The van der Waals surface area contributed by atoms with Crippen molar-refractivity contribution in [2.75, 3.05) is 12.9 Å². The second-order valence-corrected chi connectivity index (χ2v) is 6.41. The zero-order chi connectivity index (χ0) is 13.6. The van der Waals surface area contributed by atoms with Gasteiger partial charge in [0.2, 0.25) is 5.91 Å². The van der Waals surface area contributed by atoms with Crippen molar-refractivity contribution in [2.24, 2.45) is 5.41 Å². The quantitative estimate of drug-likeness (QED) is 0.744. The number of allylic oxidation sites excluding steroid dienone is 1. The molecule has 0 rings (SSSR count). The van der Waals surface area contributed by atoms with Crippen molar-refractivity contribution in [3.63, 3.8) is 0 Å². The van der Waals surface area contributed by atoms with Crippen LogP contribution in [0.15, 0.2) is 11.6 Å². The summed E-state index contributed by atoms with van der Waals surface area (Å²) in [5.41, 5.74) is 1.06. The van der Waals surface area contributed by atoms with E-state index in [1.54, 1.807) is 17.8 Å². The summed E-state index contributed by atoms with van der Waals surface area (Å²) in [6.45, 7) is 10.2. The first-order valence-electron chi connectivity index (χ1n) is 5.85. The van der Waals surface area contributed by atoms with Gasteiger partial charge in [-0.25, -0.2) is 0 Å². The molecule has 3 nitrogen and oxygen atoms in total. The van der Waals surface area contributed by atoms with Crippen LogP contribution in [0.1, 0.15) is 34.6 Å². The first-order valence-corrected chi connectivity index (χ1v) is 7.14. The van der Waals surface area contributed by atoms with Gasteiger partial charge in [-0.3, -0.25) is 4.79 Å². The van der Waals surface area contributed by atoms with Crippen molar-refractivity contribution in [3.8, 4) is 0 Å². The minimum Gasteiger partial charge on any atom is -0.395 e. The summed E-state index contributed by atoms with van der Waals surface area (Å²) in [4.78, 5) is 11.8. The van der Waals surface area contributed by atoms with E-state index in [9.17, 15) is 4.79 Å². The third-order valence-electron chi connectivity index (χ3n) is 2.94. The van der Waals surface area contributed by atoms with Crippen molar-refractivity contribution in [3.05, 3.63) is 11.6 Å². The Morgan fingerprint density at radius 2 is 2.00 bits per heavy atom. The Hall–Kier alpha value is -0.480. The van der Waals surface area contributed by atoms with E-state index >= 15 is 0 Å². The number of aliphatic hydroxyl groups is 1. The fourth-order valence-corrected chi connectivity index (χ4v) is 1.83. The van der Waals surface area contributed by atoms with Gasteiger partial charge in [0, 0.05) is 17.4 Å². The largest absolute Gasteiger partial charge is 0.395 e. The van der Waals surface area contributed by atoms with Crippen molar-refractivity contribution in [1.82, 2.24) is 5.32 Å². The molecule has 2 N–H and O–H groups in total. The van der Waals surface area contributed by atoms with Gasteiger partial charge in [0.25, 0.3) is 0 Å². The topological polar surface area (TPSA) is 49.3 Å². The molecule has 100 valence electrons. The molecule has 17 heavy (non-hydrogen) atoms. The van der Waals surface area contributed by atoms with Crippen LogP contribution in [0.25, 0.3) is 0 Å². The normalized spacial score (nSPS) is 16.5. The fraction of sp³-hybridized carbons (Fsp3) is 0.769. The molecular formula is C13H25NO2S. The molecule has 0 radical (unpaired) electrons. The van der Waals surface area contributed by atoms with Crippen LogP contribution >= 0.6 is 11.8 Å². The lowest BCUT2D eigenvalue weighted by Gasteiger charge is -2.22. The predicted octanol–water partition coefficient (Wildman–Crippen LogP) is 2.21. The zero-order valence-electron chi connectivity index (χ0n) is 11.7. The second-order valence-electron chi connectivity index (χ2n) is 5.33. The van der Waals surface area contributed by atoms with Gasteiger partial charge in [0.15, 0.2) is 0 Å². The number of aliphatic hydroxyl groups excluding tert-OH is 1. The maximum absolute atomic E-state index is 11.8. The molecular weight excluding hydrogens is 234 g/mol. The highest BCUT2D eigenvalue weighted by Gasteiger charge is 2.18. The third-order valence-corrected chi connectivity index (χ3v) is 4.10. The van der Waals surface area contributed by atoms with Gasteiger partial charge in [-0.15, -0.1) is 0 Å². The van der Waals surface area contributed by atoms with Gasteiger partial charge in [0.05, 0.1) is 6.61 Å². The summed E-state index contributed by atoms with van der Waals surface area (Å²) in [5, 5.41) is 12.1. The molecule has 0 aliphatic rings. The van der Waals surface area contributed by atoms with Crippen LogP contribution in [0.3, 0.4) is 0 Å². The van der Waals surface area contributed by atoms with Gasteiger partial charge >= 0.3 is 0 Å². The van der Waals surface area contributed by atoms with Crippen LogP contribution < -0.4 is 5.32 Å². The average molecular weight is 259 g/mol. The molecule has 2 unspecified atom stereocenters. The van der Waals surface area contributed by atoms with E-state index < -0.39 is 0 Å². The summed E-state index contributed by atoms with van der Waals surface area (Å²) in [5.74, 6) is -0.0857. The molecule has 1 amide bonds. The highest BCUT2D eigenvalue weighted by molar-refractivity contribution is 7.99. The molecule has 0 aromatic carbocycles. The summed E-state index contributed by atoms with van der Waals surface area (Å²) in [6.07, 6.45) is 3.57.